The molecular weight excluding hydrogens is 322 g/mol. The molecule has 2 aromatic rings. The highest BCUT2D eigenvalue weighted by atomic mass is 19.2. The molecule has 1 aromatic carbocycles. The van der Waals surface area contributed by atoms with Crippen molar-refractivity contribution in [2.75, 3.05) is 11.1 Å². The van der Waals surface area contributed by atoms with Crippen molar-refractivity contribution in [2.45, 2.75) is 13.0 Å². The fourth-order valence-electron chi connectivity index (χ4n) is 2.21. The van der Waals surface area contributed by atoms with Crippen molar-refractivity contribution in [1.82, 2.24) is 9.13 Å². The largest absolute Gasteiger partial charge is 0.384 e. The van der Waals surface area contributed by atoms with E-state index in [1.807, 2.05) is 0 Å². The number of ketones is 1. The number of carbonyl (C=O) groups is 1. The van der Waals surface area contributed by atoms with E-state index in [1.54, 1.807) is 0 Å². The molecule has 9 heteroatoms. The Bertz CT molecular complexity index is 934. The molecule has 7 nitrogen and oxygen atoms in total. The lowest BCUT2D eigenvalue weighted by Gasteiger charge is -2.16. The number of benzene rings is 1. The molecular formula is C15H16F2N4O3. The lowest BCUT2D eigenvalue weighted by atomic mass is 10.1. The first-order valence-electron chi connectivity index (χ1n) is 6.96. The third kappa shape index (κ3) is 2.92. The maximum Gasteiger partial charge on any atom is 0.332 e. The maximum atomic E-state index is 13.2. The Morgan fingerprint density at radius 1 is 1.17 bits per heavy atom. The van der Waals surface area contributed by atoms with Crippen LogP contribution in [0.3, 0.4) is 0 Å². The summed E-state index contributed by atoms with van der Waals surface area (Å²) < 4.78 is 27.9. The van der Waals surface area contributed by atoms with Crippen LogP contribution in [0.15, 0.2) is 27.8 Å². The van der Waals surface area contributed by atoms with Gasteiger partial charge < -0.3 is 11.1 Å². The first kappa shape index (κ1) is 17.4. The molecule has 3 N–H and O–H groups in total. The number of nitrogens with one attached hydrogen (secondary N) is 1. The van der Waals surface area contributed by atoms with Crippen LogP contribution < -0.4 is 22.3 Å². The average molecular weight is 338 g/mol. The Hall–Kier alpha value is -2.97. The summed E-state index contributed by atoms with van der Waals surface area (Å²) in [4.78, 5) is 36.4. The minimum atomic E-state index is -1.07. The van der Waals surface area contributed by atoms with E-state index in [1.165, 1.54) is 27.1 Å². The predicted molar refractivity (Wildman–Crippen MR) is 85.1 cm³/mol. The summed E-state index contributed by atoms with van der Waals surface area (Å²) in [5.74, 6) is -3.02. The zero-order valence-corrected chi connectivity index (χ0v) is 13.3. The quantitative estimate of drug-likeness (QED) is 0.797. The normalized spacial score (nSPS) is 12.0. The van der Waals surface area contributed by atoms with E-state index in [0.29, 0.717) is 0 Å². The first-order chi connectivity index (χ1) is 11.1. The van der Waals surface area contributed by atoms with Gasteiger partial charge in [0.1, 0.15) is 11.4 Å². The summed E-state index contributed by atoms with van der Waals surface area (Å²) in [6, 6.07) is 2.10. The lowest BCUT2D eigenvalue weighted by Crippen LogP contribution is -2.43. The number of Topliss-reactive ketones (excluding diaryl/α,β-unsaturated/α-hetero) is 1. The van der Waals surface area contributed by atoms with Gasteiger partial charge in [0.05, 0.1) is 6.04 Å². The number of anilines is 2. The SMILES string of the molecule is C[C@H](Nc1ccc(F)c(F)c1)C(=O)c1c(N)n(C)c(=O)n(C)c1=O. The van der Waals surface area contributed by atoms with E-state index in [9.17, 15) is 23.2 Å². The van der Waals surface area contributed by atoms with E-state index in [0.717, 1.165) is 21.3 Å². The summed E-state index contributed by atoms with van der Waals surface area (Å²) in [5.41, 5.74) is 4.06. The van der Waals surface area contributed by atoms with Gasteiger partial charge in [-0.05, 0) is 19.1 Å². The topological polar surface area (TPSA) is 99.1 Å². The van der Waals surface area contributed by atoms with Crippen LogP contribution in [0.25, 0.3) is 0 Å². The number of nitrogens with two attached hydrogens (primary N) is 1. The maximum absolute atomic E-state index is 13.2. The van der Waals surface area contributed by atoms with E-state index in [4.69, 9.17) is 5.73 Å². The van der Waals surface area contributed by atoms with Gasteiger partial charge in [-0.2, -0.15) is 0 Å². The van der Waals surface area contributed by atoms with Gasteiger partial charge in [-0.3, -0.25) is 18.7 Å². The van der Waals surface area contributed by atoms with E-state index in [2.05, 4.69) is 5.32 Å². The van der Waals surface area contributed by atoms with Gasteiger partial charge in [-0.25, -0.2) is 13.6 Å². The van der Waals surface area contributed by atoms with Crippen molar-refractivity contribution in [1.29, 1.82) is 0 Å². The molecule has 0 radical (unpaired) electrons. The third-order valence-electron chi connectivity index (χ3n) is 3.65. The van der Waals surface area contributed by atoms with Crippen LogP contribution in [0, 0.1) is 11.6 Å². The number of carbonyl (C=O) groups excluding carboxylic acids is 1. The molecule has 0 unspecified atom stereocenters. The molecule has 1 atom stereocenters. The highest BCUT2D eigenvalue weighted by molar-refractivity contribution is 6.04. The van der Waals surface area contributed by atoms with Crippen LogP contribution in [0.2, 0.25) is 0 Å². The summed E-state index contributed by atoms with van der Waals surface area (Å²) >= 11 is 0. The standard InChI is InChI=1S/C15H16F2N4O3/c1-7(19-8-4-5-9(16)10(17)6-8)12(22)11-13(18)20(2)15(24)21(3)14(11)23/h4-7,19H,18H2,1-3H3/t7-/m0/s1. The molecule has 0 fully saturated rings. The highest BCUT2D eigenvalue weighted by Crippen LogP contribution is 2.16. The number of rotatable bonds is 4. The van der Waals surface area contributed by atoms with Gasteiger partial charge >= 0.3 is 5.69 Å². The minimum absolute atomic E-state index is 0.162. The van der Waals surface area contributed by atoms with Gasteiger partial charge in [0.15, 0.2) is 17.4 Å². The molecule has 0 amide bonds. The monoisotopic (exact) mass is 338 g/mol. The number of aromatic nitrogens is 2. The first-order valence-corrected chi connectivity index (χ1v) is 6.96. The zero-order valence-electron chi connectivity index (χ0n) is 13.3. The average Bonchev–Trinajstić information content (AvgIpc) is 2.54. The van der Waals surface area contributed by atoms with Crippen molar-refractivity contribution in [3.8, 4) is 0 Å². The van der Waals surface area contributed by atoms with Gasteiger partial charge in [0, 0.05) is 25.8 Å². The minimum Gasteiger partial charge on any atom is -0.384 e. The summed E-state index contributed by atoms with van der Waals surface area (Å²) in [5, 5.41) is 2.67. The summed E-state index contributed by atoms with van der Waals surface area (Å²) in [7, 11) is 2.57. The molecule has 0 aliphatic carbocycles. The van der Waals surface area contributed by atoms with Crippen LogP contribution in [0.4, 0.5) is 20.3 Å². The fourth-order valence-corrected chi connectivity index (χ4v) is 2.21. The van der Waals surface area contributed by atoms with Crippen LogP contribution in [-0.2, 0) is 14.1 Å². The van der Waals surface area contributed by atoms with Gasteiger partial charge in [-0.15, -0.1) is 0 Å². The van der Waals surface area contributed by atoms with Crippen molar-refractivity contribution < 1.29 is 13.6 Å². The molecule has 128 valence electrons. The lowest BCUT2D eigenvalue weighted by molar-refractivity contribution is 0.0973. The van der Waals surface area contributed by atoms with Gasteiger partial charge in [0.25, 0.3) is 5.56 Å². The molecule has 24 heavy (non-hydrogen) atoms. The van der Waals surface area contributed by atoms with Gasteiger partial charge in [-0.1, -0.05) is 0 Å². The molecule has 0 aliphatic rings. The fraction of sp³-hybridized carbons (Fsp3) is 0.267. The molecule has 0 bridgehead atoms. The van der Waals surface area contributed by atoms with E-state index < -0.39 is 34.7 Å². The molecule has 0 saturated heterocycles. The van der Waals surface area contributed by atoms with Crippen molar-refractivity contribution in [3.05, 3.63) is 56.2 Å². The number of hydrogen-bond acceptors (Lipinski definition) is 5. The number of halogens is 2. The van der Waals surface area contributed by atoms with Crippen LogP contribution >= 0.6 is 0 Å². The number of nitrogen functional groups attached to an aromatic ring is 1. The second-order valence-electron chi connectivity index (χ2n) is 5.33. The zero-order chi connectivity index (χ0) is 18.2. The molecule has 1 heterocycles. The Kier molecular flexibility index (Phi) is 4.54. The number of hydrogen-bond donors (Lipinski definition) is 2. The summed E-state index contributed by atoms with van der Waals surface area (Å²) in [6.45, 7) is 1.44. The molecule has 0 spiro atoms. The third-order valence-corrected chi connectivity index (χ3v) is 3.65. The van der Waals surface area contributed by atoms with Crippen molar-refractivity contribution >= 4 is 17.3 Å². The molecule has 2 rings (SSSR count). The summed E-state index contributed by atoms with van der Waals surface area (Å²) in [6.07, 6.45) is 0. The predicted octanol–water partition coefficient (Wildman–Crippen LogP) is 0.628. The van der Waals surface area contributed by atoms with E-state index >= 15 is 0 Å². The van der Waals surface area contributed by atoms with E-state index in [-0.39, 0.29) is 17.1 Å². The van der Waals surface area contributed by atoms with Crippen LogP contribution in [0.1, 0.15) is 17.3 Å². The molecule has 1 aromatic heterocycles. The van der Waals surface area contributed by atoms with Crippen LogP contribution in [-0.4, -0.2) is 21.0 Å². The Balaban J connectivity index is 2.40. The Morgan fingerprint density at radius 3 is 2.38 bits per heavy atom. The Morgan fingerprint density at radius 2 is 1.79 bits per heavy atom. The van der Waals surface area contributed by atoms with Crippen molar-refractivity contribution in [3.63, 3.8) is 0 Å². The second-order valence-corrected chi connectivity index (χ2v) is 5.33. The second kappa shape index (κ2) is 6.26. The highest BCUT2D eigenvalue weighted by Gasteiger charge is 2.24. The molecule has 0 aliphatic heterocycles. The molecule has 0 saturated carbocycles. The smallest absolute Gasteiger partial charge is 0.332 e. The Labute approximate surface area is 135 Å². The van der Waals surface area contributed by atoms with Crippen LogP contribution in [0.5, 0.6) is 0 Å². The van der Waals surface area contributed by atoms with Gasteiger partial charge in [0.2, 0.25) is 0 Å². The number of nitrogens with zero attached hydrogens (tertiary/aromatic N) is 2. The van der Waals surface area contributed by atoms with Crippen molar-refractivity contribution in [2.24, 2.45) is 14.1 Å².